The van der Waals surface area contributed by atoms with E-state index in [-0.39, 0.29) is 34.7 Å². The van der Waals surface area contributed by atoms with Gasteiger partial charge in [0.15, 0.2) is 11.6 Å². The van der Waals surface area contributed by atoms with Crippen molar-refractivity contribution in [2.45, 2.75) is 52.1 Å². The van der Waals surface area contributed by atoms with Crippen LogP contribution in [0, 0.1) is 5.82 Å². The van der Waals surface area contributed by atoms with E-state index in [0.717, 1.165) is 37.3 Å². The summed E-state index contributed by atoms with van der Waals surface area (Å²) in [5.41, 5.74) is 2.46. The molecule has 1 aromatic heterocycles. The molecule has 0 amide bonds. The molecule has 2 aliphatic heterocycles. The van der Waals surface area contributed by atoms with Crippen molar-refractivity contribution in [3.8, 4) is 17.0 Å². The summed E-state index contributed by atoms with van der Waals surface area (Å²) < 4.78 is 63.1. The summed E-state index contributed by atoms with van der Waals surface area (Å²) in [5, 5.41) is 6.36. The van der Waals surface area contributed by atoms with Crippen molar-refractivity contribution in [1.82, 2.24) is 15.3 Å². The molecular formula is C27H27F4N5O. The second kappa shape index (κ2) is 9.33. The van der Waals surface area contributed by atoms with E-state index in [1.165, 1.54) is 11.6 Å². The molecule has 0 aliphatic carbocycles. The number of fused-ring (bicyclic) bond motifs is 2. The molecule has 0 saturated carbocycles. The maximum Gasteiger partial charge on any atom is 0.420 e. The predicted octanol–water partition coefficient (Wildman–Crippen LogP) is 6.20. The Hall–Kier alpha value is -3.66. The third kappa shape index (κ3) is 4.73. The van der Waals surface area contributed by atoms with Gasteiger partial charge in [-0.1, -0.05) is 12.6 Å². The molecule has 1 unspecified atom stereocenters. The second-order valence-corrected chi connectivity index (χ2v) is 9.51. The molecule has 0 saturated heterocycles. The molecular weight excluding hydrogens is 486 g/mol. The van der Waals surface area contributed by atoms with E-state index in [9.17, 15) is 17.6 Å². The van der Waals surface area contributed by atoms with Gasteiger partial charge in [0.25, 0.3) is 0 Å². The lowest BCUT2D eigenvalue weighted by Gasteiger charge is -2.40. The lowest BCUT2D eigenvalue weighted by molar-refractivity contribution is -0.139. The minimum Gasteiger partial charge on any atom is -0.482 e. The first-order valence-corrected chi connectivity index (χ1v) is 12.1. The quantitative estimate of drug-likeness (QED) is 0.405. The summed E-state index contributed by atoms with van der Waals surface area (Å²) >= 11 is 0. The van der Waals surface area contributed by atoms with Crippen LogP contribution in [-0.2, 0) is 19.1 Å². The summed E-state index contributed by atoms with van der Waals surface area (Å²) in [4.78, 5) is 9.96. The zero-order valence-corrected chi connectivity index (χ0v) is 20.7. The highest BCUT2D eigenvalue weighted by atomic mass is 19.4. The van der Waals surface area contributed by atoms with Crippen LogP contribution in [0.3, 0.4) is 0 Å². The molecule has 0 radical (unpaired) electrons. The molecule has 2 aromatic carbocycles. The first kappa shape index (κ1) is 25.0. The fourth-order valence-corrected chi connectivity index (χ4v) is 4.79. The van der Waals surface area contributed by atoms with Crippen molar-refractivity contribution in [1.29, 1.82) is 0 Å². The van der Waals surface area contributed by atoms with E-state index in [0.29, 0.717) is 11.4 Å². The number of alkyl halides is 3. The molecule has 2 N–H and O–H groups in total. The fourth-order valence-electron chi connectivity index (χ4n) is 4.79. The van der Waals surface area contributed by atoms with Crippen molar-refractivity contribution in [3.05, 3.63) is 71.3 Å². The van der Waals surface area contributed by atoms with Gasteiger partial charge < -0.3 is 20.3 Å². The van der Waals surface area contributed by atoms with Gasteiger partial charge in [0.05, 0.1) is 17.6 Å². The molecule has 194 valence electrons. The molecule has 10 heteroatoms. The maximum absolute atomic E-state index is 15.0. The van der Waals surface area contributed by atoms with Crippen LogP contribution in [0.4, 0.5) is 34.9 Å². The Morgan fingerprint density at radius 3 is 2.70 bits per heavy atom. The van der Waals surface area contributed by atoms with Gasteiger partial charge in [-0.15, -0.1) is 0 Å². The Labute approximate surface area is 212 Å². The molecule has 6 nitrogen and oxygen atoms in total. The van der Waals surface area contributed by atoms with E-state index in [4.69, 9.17) is 4.74 Å². The van der Waals surface area contributed by atoms with Crippen LogP contribution < -0.4 is 20.3 Å². The fraction of sp³-hybridized carbons (Fsp3) is 0.333. The summed E-state index contributed by atoms with van der Waals surface area (Å²) in [6, 6.07) is 7.97. The van der Waals surface area contributed by atoms with Crippen molar-refractivity contribution in [2.75, 3.05) is 16.8 Å². The summed E-state index contributed by atoms with van der Waals surface area (Å²) in [6.45, 7) is 11.0. The molecule has 3 aromatic rings. The van der Waals surface area contributed by atoms with E-state index in [1.54, 1.807) is 11.8 Å². The number of ether oxygens (including phenoxy) is 1. The molecule has 1 atom stereocenters. The second-order valence-electron chi connectivity index (χ2n) is 9.51. The highest BCUT2D eigenvalue weighted by Gasteiger charge is 2.41. The average molecular weight is 514 g/mol. The largest absolute Gasteiger partial charge is 0.482 e. The van der Waals surface area contributed by atoms with Gasteiger partial charge in [-0.3, -0.25) is 0 Å². The first-order chi connectivity index (χ1) is 17.5. The number of halogens is 4. The Balaban J connectivity index is 1.59. The molecule has 0 fully saturated rings. The SMILES string of the molecule is C=C1C(C)Oc2c(cc(-c3nc(Nc4ccc5c(c4)CNCC5)ncc3F)cc2C(F)(F)F)N1C(C)C. The van der Waals surface area contributed by atoms with Gasteiger partial charge in [0, 0.05) is 23.8 Å². The molecule has 37 heavy (non-hydrogen) atoms. The van der Waals surface area contributed by atoms with Gasteiger partial charge in [-0.05, 0) is 69.1 Å². The van der Waals surface area contributed by atoms with Gasteiger partial charge in [0.1, 0.15) is 17.4 Å². The Kier molecular flexibility index (Phi) is 6.31. The Morgan fingerprint density at radius 2 is 1.97 bits per heavy atom. The van der Waals surface area contributed by atoms with Crippen molar-refractivity contribution in [2.24, 2.45) is 0 Å². The van der Waals surface area contributed by atoms with E-state index < -0.39 is 23.7 Å². The van der Waals surface area contributed by atoms with Crippen LogP contribution in [0.1, 0.15) is 37.5 Å². The zero-order chi connectivity index (χ0) is 26.5. The summed E-state index contributed by atoms with van der Waals surface area (Å²) in [5.74, 6) is -1.07. The van der Waals surface area contributed by atoms with Crippen LogP contribution in [0.5, 0.6) is 5.75 Å². The van der Waals surface area contributed by atoms with E-state index in [1.807, 2.05) is 32.0 Å². The molecule has 0 spiro atoms. The monoisotopic (exact) mass is 513 g/mol. The Bertz CT molecular complexity index is 1370. The lowest BCUT2D eigenvalue weighted by atomic mass is 10.00. The van der Waals surface area contributed by atoms with Crippen molar-refractivity contribution in [3.63, 3.8) is 0 Å². The first-order valence-electron chi connectivity index (χ1n) is 12.1. The van der Waals surface area contributed by atoms with Crippen LogP contribution in [0.2, 0.25) is 0 Å². The highest BCUT2D eigenvalue weighted by molar-refractivity contribution is 5.77. The average Bonchev–Trinajstić information content (AvgIpc) is 2.84. The highest BCUT2D eigenvalue weighted by Crippen LogP contribution is 2.49. The third-order valence-electron chi connectivity index (χ3n) is 6.59. The van der Waals surface area contributed by atoms with Crippen LogP contribution in [0.25, 0.3) is 11.3 Å². The third-order valence-corrected chi connectivity index (χ3v) is 6.59. The topological polar surface area (TPSA) is 62.3 Å². The number of anilines is 3. The maximum atomic E-state index is 15.0. The molecule has 0 bridgehead atoms. The molecule has 3 heterocycles. The number of nitrogens with zero attached hydrogens (tertiary/aromatic N) is 3. The van der Waals surface area contributed by atoms with Crippen molar-refractivity contribution >= 4 is 17.3 Å². The molecule has 2 aliphatic rings. The lowest BCUT2D eigenvalue weighted by Crippen LogP contribution is -2.40. The minimum absolute atomic E-state index is 0.0414. The normalized spacial score (nSPS) is 17.4. The van der Waals surface area contributed by atoms with Gasteiger partial charge in [0.2, 0.25) is 5.95 Å². The van der Waals surface area contributed by atoms with Crippen LogP contribution in [0.15, 0.2) is 48.8 Å². The number of nitrogens with one attached hydrogen (secondary N) is 2. The zero-order valence-electron chi connectivity index (χ0n) is 20.7. The summed E-state index contributed by atoms with van der Waals surface area (Å²) in [7, 11) is 0. The number of benzene rings is 2. The van der Waals surface area contributed by atoms with Crippen molar-refractivity contribution < 1.29 is 22.3 Å². The predicted molar refractivity (Wildman–Crippen MR) is 134 cm³/mol. The van der Waals surface area contributed by atoms with E-state index >= 15 is 0 Å². The Morgan fingerprint density at radius 1 is 1.19 bits per heavy atom. The standard InChI is InChI=1S/C27H27F4N5O/c1-14(2)36-15(3)16(4)37-25-21(27(29,30)31)10-18(11-23(25)36)24-22(28)13-33-26(35-24)34-20-6-5-17-7-8-32-12-19(17)9-20/h5-6,9-11,13-14,16,32H,3,7-8,12H2,1-2,4H3,(H,33,34,35). The number of hydrogen-bond donors (Lipinski definition) is 2. The number of hydrogen-bond acceptors (Lipinski definition) is 6. The van der Waals surface area contributed by atoms with Gasteiger partial charge in [-0.2, -0.15) is 13.2 Å². The van der Waals surface area contributed by atoms with Crippen LogP contribution in [-0.4, -0.2) is 28.7 Å². The number of aromatic nitrogens is 2. The van der Waals surface area contributed by atoms with Gasteiger partial charge in [-0.25, -0.2) is 14.4 Å². The smallest absolute Gasteiger partial charge is 0.420 e. The summed E-state index contributed by atoms with van der Waals surface area (Å²) in [6.07, 6.45) is -3.51. The van der Waals surface area contributed by atoms with E-state index in [2.05, 4.69) is 27.2 Å². The minimum atomic E-state index is -4.73. The number of rotatable bonds is 4. The van der Waals surface area contributed by atoms with Gasteiger partial charge >= 0.3 is 6.18 Å². The molecule has 5 rings (SSSR count). The van der Waals surface area contributed by atoms with Crippen LogP contribution >= 0.6 is 0 Å².